The van der Waals surface area contributed by atoms with Crippen molar-refractivity contribution in [1.82, 2.24) is 0 Å². The summed E-state index contributed by atoms with van der Waals surface area (Å²) >= 11 is 13.0. The number of benzene rings is 2. The molecule has 0 aromatic heterocycles. The van der Waals surface area contributed by atoms with Gasteiger partial charge in [0.05, 0.1) is 15.7 Å². The minimum absolute atomic E-state index is 0.0621. The van der Waals surface area contributed by atoms with E-state index in [2.05, 4.69) is 5.32 Å². The summed E-state index contributed by atoms with van der Waals surface area (Å²) in [7, 11) is -3.92. The molecule has 1 amide bonds. The van der Waals surface area contributed by atoms with Crippen molar-refractivity contribution in [1.29, 1.82) is 0 Å². The maximum Gasteiger partial charge on any atom is 0.316 e. The summed E-state index contributed by atoms with van der Waals surface area (Å²) < 4.78 is 27.9. The number of nitrogens with one attached hydrogen (secondary N) is 1. The molecule has 0 unspecified atom stereocenters. The van der Waals surface area contributed by atoms with Gasteiger partial charge in [-0.2, -0.15) is 0 Å². The van der Waals surface area contributed by atoms with Gasteiger partial charge in [0.1, 0.15) is 0 Å². The number of primary sulfonamides is 1. The molecule has 11 heteroatoms. The van der Waals surface area contributed by atoms with Gasteiger partial charge in [-0.05, 0) is 42.8 Å². The molecule has 0 fully saturated rings. The first-order valence-corrected chi connectivity index (χ1v) is 11.0. The van der Waals surface area contributed by atoms with Crippen molar-refractivity contribution >= 4 is 62.6 Å². The third kappa shape index (κ3) is 6.68. The Morgan fingerprint density at radius 1 is 1.18 bits per heavy atom. The Morgan fingerprint density at radius 2 is 1.89 bits per heavy atom. The van der Waals surface area contributed by atoms with E-state index in [1.54, 1.807) is 25.1 Å². The summed E-state index contributed by atoms with van der Waals surface area (Å²) in [6, 6.07) is 9.12. The highest BCUT2D eigenvalue weighted by Gasteiger charge is 2.14. The molecular formula is C17H16Cl2N2O5S2. The van der Waals surface area contributed by atoms with Crippen LogP contribution in [-0.2, 0) is 24.3 Å². The normalized spacial score (nSPS) is 11.1. The van der Waals surface area contributed by atoms with Crippen LogP contribution in [0.4, 0.5) is 5.69 Å². The van der Waals surface area contributed by atoms with Crippen molar-refractivity contribution in [2.75, 3.05) is 17.7 Å². The van der Waals surface area contributed by atoms with Crippen LogP contribution in [0.25, 0.3) is 0 Å². The minimum atomic E-state index is -3.92. The number of esters is 1. The van der Waals surface area contributed by atoms with Gasteiger partial charge in [0.2, 0.25) is 10.0 Å². The fourth-order valence-electron chi connectivity index (χ4n) is 2.09. The summed E-state index contributed by atoms with van der Waals surface area (Å²) in [4.78, 5) is 24.2. The number of ether oxygens (including phenoxy) is 1. The molecule has 2 aromatic rings. The van der Waals surface area contributed by atoms with Crippen molar-refractivity contribution in [3.63, 3.8) is 0 Å². The van der Waals surface area contributed by atoms with Gasteiger partial charge in [0.15, 0.2) is 6.61 Å². The van der Waals surface area contributed by atoms with Crippen molar-refractivity contribution < 1.29 is 22.7 Å². The van der Waals surface area contributed by atoms with Crippen molar-refractivity contribution in [3.8, 4) is 0 Å². The Bertz CT molecular complexity index is 1010. The molecule has 0 aliphatic heterocycles. The zero-order valence-corrected chi connectivity index (χ0v) is 17.7. The van der Waals surface area contributed by atoms with E-state index < -0.39 is 28.5 Å². The van der Waals surface area contributed by atoms with Gasteiger partial charge in [0, 0.05) is 15.6 Å². The number of hydrogen-bond donors (Lipinski definition) is 2. The Labute approximate surface area is 176 Å². The van der Waals surface area contributed by atoms with E-state index in [0.717, 1.165) is 11.8 Å². The molecule has 2 rings (SSSR count). The topological polar surface area (TPSA) is 116 Å². The van der Waals surface area contributed by atoms with Crippen LogP contribution in [0.1, 0.15) is 5.56 Å². The molecule has 0 saturated heterocycles. The van der Waals surface area contributed by atoms with Crippen molar-refractivity contribution in [2.45, 2.75) is 16.7 Å². The van der Waals surface area contributed by atoms with E-state index in [4.69, 9.17) is 33.1 Å². The first-order valence-electron chi connectivity index (χ1n) is 7.73. The van der Waals surface area contributed by atoms with Crippen LogP contribution in [0.15, 0.2) is 46.2 Å². The molecule has 2 aromatic carbocycles. The third-order valence-electron chi connectivity index (χ3n) is 3.38. The number of thioether (sulfide) groups is 1. The van der Waals surface area contributed by atoms with Gasteiger partial charge in [-0.15, -0.1) is 11.8 Å². The molecule has 0 atom stereocenters. The molecule has 0 bridgehead atoms. The Balaban J connectivity index is 1.87. The number of rotatable bonds is 7. The smallest absolute Gasteiger partial charge is 0.316 e. The molecule has 0 aliphatic rings. The van der Waals surface area contributed by atoms with Gasteiger partial charge >= 0.3 is 5.97 Å². The summed E-state index contributed by atoms with van der Waals surface area (Å²) in [5, 5.41) is 8.50. The number of nitrogens with two attached hydrogens (primary N) is 1. The second-order valence-electron chi connectivity index (χ2n) is 5.60. The predicted molar refractivity (Wildman–Crippen MR) is 109 cm³/mol. The second-order valence-corrected chi connectivity index (χ2v) is 8.99. The Kier molecular flexibility index (Phi) is 7.73. The van der Waals surface area contributed by atoms with Gasteiger partial charge in [-0.1, -0.05) is 29.3 Å². The van der Waals surface area contributed by atoms with Crippen LogP contribution in [-0.4, -0.2) is 32.7 Å². The molecule has 0 heterocycles. The van der Waals surface area contributed by atoms with Crippen LogP contribution in [0.5, 0.6) is 0 Å². The van der Waals surface area contributed by atoms with Gasteiger partial charge in [-0.3, -0.25) is 9.59 Å². The van der Waals surface area contributed by atoms with E-state index in [1.807, 2.05) is 0 Å². The van der Waals surface area contributed by atoms with Crippen molar-refractivity contribution in [2.24, 2.45) is 5.14 Å². The van der Waals surface area contributed by atoms with Crippen LogP contribution in [0.2, 0.25) is 10.0 Å². The van der Waals surface area contributed by atoms with Crippen LogP contribution in [0.3, 0.4) is 0 Å². The van der Waals surface area contributed by atoms with Gasteiger partial charge < -0.3 is 10.1 Å². The highest BCUT2D eigenvalue weighted by molar-refractivity contribution is 8.00. The van der Waals surface area contributed by atoms with E-state index >= 15 is 0 Å². The van der Waals surface area contributed by atoms with Crippen LogP contribution >= 0.6 is 35.0 Å². The molecule has 0 radical (unpaired) electrons. The summed E-state index contributed by atoms with van der Waals surface area (Å²) in [6.45, 7) is 1.05. The predicted octanol–water partition coefficient (Wildman–Crippen LogP) is 3.22. The molecule has 0 saturated carbocycles. The number of carbonyl (C=O) groups is 2. The highest BCUT2D eigenvalue weighted by atomic mass is 35.5. The average molecular weight is 463 g/mol. The van der Waals surface area contributed by atoms with Gasteiger partial charge in [0.25, 0.3) is 5.91 Å². The lowest BCUT2D eigenvalue weighted by Gasteiger charge is -2.09. The SMILES string of the molecule is Cc1ccc(NC(=O)COC(=O)CSc2cc(Cl)ccc2Cl)cc1S(N)(=O)=O. The summed E-state index contributed by atoms with van der Waals surface area (Å²) in [6.07, 6.45) is 0. The molecule has 3 N–H and O–H groups in total. The standard InChI is InChI=1S/C17H16Cl2N2O5S2/c1-10-2-4-12(7-15(10)28(20,24)25)21-16(22)8-26-17(23)9-27-14-6-11(18)3-5-13(14)19/h2-7H,8-9H2,1H3,(H,21,22)(H2,20,24,25). The minimum Gasteiger partial charge on any atom is -0.455 e. The molecule has 150 valence electrons. The number of halogens is 2. The Hall–Kier alpha value is -1.78. The largest absolute Gasteiger partial charge is 0.455 e. The summed E-state index contributed by atoms with van der Waals surface area (Å²) in [5.41, 5.74) is 0.666. The van der Waals surface area contributed by atoms with E-state index in [1.165, 1.54) is 18.2 Å². The molecule has 28 heavy (non-hydrogen) atoms. The number of sulfonamides is 1. The number of hydrogen-bond acceptors (Lipinski definition) is 6. The van der Waals surface area contributed by atoms with Crippen LogP contribution < -0.4 is 10.5 Å². The fourth-order valence-corrected chi connectivity index (χ4v) is 4.19. The van der Waals surface area contributed by atoms with E-state index in [9.17, 15) is 18.0 Å². The first-order chi connectivity index (χ1) is 13.1. The quantitative estimate of drug-likeness (QED) is 0.481. The molecule has 7 nitrogen and oxygen atoms in total. The number of carbonyl (C=O) groups excluding carboxylic acids is 2. The lowest BCUT2D eigenvalue weighted by molar-refractivity contribution is -0.144. The van der Waals surface area contributed by atoms with E-state index in [-0.39, 0.29) is 16.3 Å². The maximum atomic E-state index is 11.9. The fraction of sp³-hybridized carbons (Fsp3) is 0.176. The summed E-state index contributed by atoms with van der Waals surface area (Å²) in [5.74, 6) is -1.30. The Morgan fingerprint density at radius 3 is 2.57 bits per heavy atom. The zero-order chi connectivity index (χ0) is 20.9. The lowest BCUT2D eigenvalue weighted by Crippen LogP contribution is -2.22. The molecule has 0 aliphatic carbocycles. The second kappa shape index (κ2) is 9.62. The molecule has 0 spiro atoms. The lowest BCUT2D eigenvalue weighted by atomic mass is 10.2. The molecular weight excluding hydrogens is 447 g/mol. The van der Waals surface area contributed by atoms with Gasteiger partial charge in [-0.25, -0.2) is 13.6 Å². The number of aryl methyl sites for hydroxylation is 1. The first kappa shape index (κ1) is 22.5. The van der Waals surface area contributed by atoms with Crippen molar-refractivity contribution in [3.05, 3.63) is 52.0 Å². The number of anilines is 1. The third-order valence-corrected chi connectivity index (χ3v) is 6.14. The maximum absolute atomic E-state index is 11.9. The zero-order valence-electron chi connectivity index (χ0n) is 14.6. The van der Waals surface area contributed by atoms with E-state index in [0.29, 0.717) is 20.5 Å². The highest BCUT2D eigenvalue weighted by Crippen LogP contribution is 2.29. The number of amides is 1. The monoisotopic (exact) mass is 462 g/mol. The van der Waals surface area contributed by atoms with Crippen LogP contribution in [0, 0.1) is 6.92 Å². The average Bonchev–Trinajstić information content (AvgIpc) is 2.61.